The quantitative estimate of drug-likeness (QED) is 0.611. The van der Waals surface area contributed by atoms with Crippen LogP contribution in [0.4, 0.5) is 10.5 Å². The van der Waals surface area contributed by atoms with Crippen LogP contribution < -0.4 is 10.6 Å². The van der Waals surface area contributed by atoms with E-state index < -0.39 is 6.03 Å². The second-order valence-corrected chi connectivity index (χ2v) is 8.02. The molecule has 1 fully saturated rings. The van der Waals surface area contributed by atoms with Crippen LogP contribution in [0.3, 0.4) is 0 Å². The van der Waals surface area contributed by atoms with Gasteiger partial charge in [0.25, 0.3) is 5.91 Å². The van der Waals surface area contributed by atoms with Crippen LogP contribution in [0.15, 0.2) is 67.3 Å². The summed E-state index contributed by atoms with van der Waals surface area (Å²) < 4.78 is 0. The predicted molar refractivity (Wildman–Crippen MR) is 133 cm³/mol. The number of hydrogen-bond acceptors (Lipinski definition) is 3. The molecule has 2 N–H and O–H groups in total. The number of benzene rings is 2. The summed E-state index contributed by atoms with van der Waals surface area (Å²) in [5, 5.41) is 0. The van der Waals surface area contributed by atoms with Gasteiger partial charge < -0.3 is 15.5 Å². The lowest BCUT2D eigenvalue weighted by atomic mass is 10.0. The molecule has 0 aliphatic carbocycles. The molecular formula is C25H33ClN4O2. The summed E-state index contributed by atoms with van der Waals surface area (Å²) in [4.78, 5) is 30.3. The number of nitrogens with zero attached hydrogens (tertiary/aromatic N) is 3. The number of carbonyl (C=O) groups excluding carboxylic acids is 2. The van der Waals surface area contributed by atoms with Crippen molar-refractivity contribution < 1.29 is 9.59 Å². The third-order valence-electron chi connectivity index (χ3n) is 5.97. The van der Waals surface area contributed by atoms with E-state index in [1.807, 2.05) is 11.0 Å². The lowest BCUT2D eigenvalue weighted by Gasteiger charge is -2.37. The van der Waals surface area contributed by atoms with Crippen molar-refractivity contribution in [2.75, 3.05) is 38.1 Å². The molecule has 0 spiro atoms. The third kappa shape index (κ3) is 6.58. The maximum absolute atomic E-state index is 12.9. The predicted octanol–water partition coefficient (Wildman–Crippen LogP) is 3.96. The van der Waals surface area contributed by atoms with Crippen LogP contribution in [-0.2, 0) is 6.42 Å². The van der Waals surface area contributed by atoms with Crippen LogP contribution in [0.25, 0.3) is 0 Å². The van der Waals surface area contributed by atoms with Gasteiger partial charge in [-0.25, -0.2) is 4.79 Å². The molecule has 7 heteroatoms. The fourth-order valence-corrected chi connectivity index (χ4v) is 4.06. The number of urea groups is 1. The van der Waals surface area contributed by atoms with E-state index in [9.17, 15) is 9.59 Å². The number of primary amides is 1. The highest BCUT2D eigenvalue weighted by Gasteiger charge is 2.26. The zero-order chi connectivity index (χ0) is 22.2. The van der Waals surface area contributed by atoms with E-state index in [1.54, 1.807) is 30.3 Å². The highest BCUT2D eigenvalue weighted by molar-refractivity contribution is 5.96. The normalized spacial score (nSPS) is 14.0. The van der Waals surface area contributed by atoms with Crippen LogP contribution in [0.2, 0.25) is 0 Å². The van der Waals surface area contributed by atoms with Crippen molar-refractivity contribution >= 4 is 30.0 Å². The molecule has 2 aromatic carbocycles. The highest BCUT2D eigenvalue weighted by atomic mass is 35.5. The number of amides is 3. The first-order valence-electron chi connectivity index (χ1n) is 10.8. The van der Waals surface area contributed by atoms with Gasteiger partial charge in [-0.15, -0.1) is 19.0 Å². The zero-order valence-corrected chi connectivity index (χ0v) is 19.5. The third-order valence-corrected chi connectivity index (χ3v) is 5.97. The minimum absolute atomic E-state index is 0. The van der Waals surface area contributed by atoms with Gasteiger partial charge >= 0.3 is 6.03 Å². The smallest absolute Gasteiger partial charge is 0.319 e. The average molecular weight is 457 g/mol. The first-order valence-corrected chi connectivity index (χ1v) is 10.8. The van der Waals surface area contributed by atoms with Crippen LogP contribution in [0.5, 0.6) is 0 Å². The second-order valence-electron chi connectivity index (χ2n) is 8.02. The number of likely N-dealkylation sites (tertiary alicyclic amines) is 1. The molecule has 1 aliphatic heterocycles. The second kappa shape index (κ2) is 12.3. The van der Waals surface area contributed by atoms with Crippen LogP contribution >= 0.6 is 12.4 Å². The number of halogens is 1. The van der Waals surface area contributed by atoms with Crippen molar-refractivity contribution in [3.63, 3.8) is 0 Å². The lowest BCUT2D eigenvalue weighted by Crippen LogP contribution is -2.46. The molecule has 1 aliphatic rings. The molecule has 1 saturated heterocycles. The van der Waals surface area contributed by atoms with Gasteiger partial charge in [0.1, 0.15) is 0 Å². The van der Waals surface area contributed by atoms with Crippen molar-refractivity contribution in [2.24, 2.45) is 5.73 Å². The number of rotatable bonds is 8. The molecule has 0 atom stereocenters. The average Bonchev–Trinajstić information content (AvgIpc) is 2.81. The SMILES string of the molecule is C=CCN(C(N)=O)c1ccc(C(=O)N2CCC(N(C)CCc3ccccc3)CC2)cc1.Cl. The Morgan fingerprint density at radius 2 is 1.72 bits per heavy atom. The van der Waals surface area contributed by atoms with E-state index in [4.69, 9.17) is 5.73 Å². The zero-order valence-electron chi connectivity index (χ0n) is 18.7. The monoisotopic (exact) mass is 456 g/mol. The molecule has 0 aromatic heterocycles. The highest BCUT2D eigenvalue weighted by Crippen LogP contribution is 2.20. The van der Waals surface area contributed by atoms with Crippen LogP contribution in [0.1, 0.15) is 28.8 Å². The fraction of sp³-hybridized carbons (Fsp3) is 0.360. The minimum Gasteiger partial charge on any atom is -0.351 e. The summed E-state index contributed by atoms with van der Waals surface area (Å²) in [5.41, 5.74) is 8.06. The Labute approximate surface area is 197 Å². The van der Waals surface area contributed by atoms with Gasteiger partial charge in [0.2, 0.25) is 0 Å². The summed E-state index contributed by atoms with van der Waals surface area (Å²) in [6.45, 7) is 6.50. The lowest BCUT2D eigenvalue weighted by molar-refractivity contribution is 0.0647. The summed E-state index contributed by atoms with van der Waals surface area (Å²) in [6, 6.07) is 17.5. The summed E-state index contributed by atoms with van der Waals surface area (Å²) in [5.74, 6) is 0.0336. The molecule has 1 heterocycles. The minimum atomic E-state index is -0.544. The Hall–Kier alpha value is -2.83. The Bertz CT molecular complexity index is 881. The Morgan fingerprint density at radius 3 is 2.28 bits per heavy atom. The fourth-order valence-electron chi connectivity index (χ4n) is 4.06. The van der Waals surface area contributed by atoms with E-state index in [0.717, 1.165) is 38.9 Å². The van der Waals surface area contributed by atoms with Crippen LogP contribution in [-0.4, -0.2) is 61.0 Å². The van der Waals surface area contributed by atoms with Gasteiger partial charge in [0.15, 0.2) is 0 Å². The standard InChI is InChI=1S/C25H32N4O2.ClH/c1-3-16-29(25(26)31)23-11-9-21(10-12-23)24(30)28-18-14-22(15-19-28)27(2)17-13-20-7-5-4-6-8-20;/h3-12,22H,1,13-19H2,2H3,(H2,26,31);1H. The molecule has 0 saturated carbocycles. The topological polar surface area (TPSA) is 69.9 Å². The van der Waals surface area contributed by atoms with Gasteiger partial charge in [0.05, 0.1) is 0 Å². The number of likely N-dealkylation sites (N-methyl/N-ethyl adjacent to an activating group) is 1. The molecule has 0 unspecified atom stereocenters. The molecule has 32 heavy (non-hydrogen) atoms. The van der Waals surface area contributed by atoms with Crippen molar-refractivity contribution in [1.82, 2.24) is 9.80 Å². The molecule has 6 nitrogen and oxygen atoms in total. The Morgan fingerprint density at radius 1 is 1.09 bits per heavy atom. The van der Waals surface area contributed by atoms with Gasteiger partial charge in [0, 0.05) is 43.5 Å². The number of piperidine rings is 1. The largest absolute Gasteiger partial charge is 0.351 e. The van der Waals surface area contributed by atoms with Gasteiger partial charge in [-0.2, -0.15) is 0 Å². The molecule has 0 bridgehead atoms. The number of carbonyl (C=O) groups is 2. The molecule has 3 amide bonds. The molecule has 172 valence electrons. The van der Waals surface area contributed by atoms with E-state index in [-0.39, 0.29) is 18.3 Å². The van der Waals surface area contributed by atoms with Crippen molar-refractivity contribution in [1.29, 1.82) is 0 Å². The van der Waals surface area contributed by atoms with E-state index in [0.29, 0.717) is 23.8 Å². The number of hydrogen-bond donors (Lipinski definition) is 1. The number of nitrogens with two attached hydrogens (primary N) is 1. The molecule has 0 radical (unpaired) electrons. The number of anilines is 1. The maximum Gasteiger partial charge on any atom is 0.319 e. The molecule has 2 aromatic rings. The summed E-state index contributed by atoms with van der Waals surface area (Å²) >= 11 is 0. The van der Waals surface area contributed by atoms with Gasteiger partial charge in [-0.1, -0.05) is 36.4 Å². The van der Waals surface area contributed by atoms with E-state index in [1.165, 1.54) is 10.5 Å². The van der Waals surface area contributed by atoms with Crippen molar-refractivity contribution in [3.8, 4) is 0 Å². The van der Waals surface area contributed by atoms with Crippen molar-refractivity contribution in [2.45, 2.75) is 25.3 Å². The first-order chi connectivity index (χ1) is 15.0. The van der Waals surface area contributed by atoms with Gasteiger partial charge in [-0.05, 0) is 56.1 Å². The van der Waals surface area contributed by atoms with Gasteiger partial charge in [-0.3, -0.25) is 9.69 Å². The van der Waals surface area contributed by atoms with Crippen molar-refractivity contribution in [3.05, 3.63) is 78.4 Å². The first kappa shape index (κ1) is 25.4. The van der Waals surface area contributed by atoms with E-state index >= 15 is 0 Å². The van der Waals surface area contributed by atoms with E-state index in [2.05, 4.69) is 42.8 Å². The summed E-state index contributed by atoms with van der Waals surface area (Å²) in [7, 11) is 2.18. The molecular weight excluding hydrogens is 424 g/mol. The Balaban J connectivity index is 0.00000363. The summed E-state index contributed by atoms with van der Waals surface area (Å²) in [6.07, 6.45) is 4.61. The maximum atomic E-state index is 12.9. The Kier molecular flexibility index (Phi) is 9.75. The molecule has 3 rings (SSSR count). The van der Waals surface area contributed by atoms with Crippen LogP contribution in [0, 0.1) is 0 Å².